The molecule has 2 atom stereocenters. The molecule has 5 nitrogen and oxygen atoms in total. The second-order valence-electron chi connectivity index (χ2n) is 7.21. The second kappa shape index (κ2) is 6.90. The number of benzene rings is 1. The Morgan fingerprint density at radius 3 is 2.56 bits per heavy atom. The number of hydrogen-bond acceptors (Lipinski definition) is 3. The third kappa shape index (κ3) is 3.65. The number of nitrogens with one attached hydrogen (secondary N) is 2. The first-order chi connectivity index (χ1) is 12.9. The number of halogens is 3. The van der Waals surface area contributed by atoms with E-state index in [2.05, 4.69) is 15.7 Å². The summed E-state index contributed by atoms with van der Waals surface area (Å²) in [6, 6.07) is 8.24. The van der Waals surface area contributed by atoms with Crippen LogP contribution in [0.3, 0.4) is 0 Å². The summed E-state index contributed by atoms with van der Waals surface area (Å²) in [4.78, 5) is 12.4. The van der Waals surface area contributed by atoms with Gasteiger partial charge in [-0.1, -0.05) is 43.2 Å². The molecule has 0 radical (unpaired) electrons. The van der Waals surface area contributed by atoms with Gasteiger partial charge in [-0.25, -0.2) is 4.68 Å². The predicted octanol–water partition coefficient (Wildman–Crippen LogP) is 4.22. The first-order valence-corrected chi connectivity index (χ1v) is 9.20. The van der Waals surface area contributed by atoms with Crippen LogP contribution in [0.25, 0.3) is 0 Å². The largest absolute Gasteiger partial charge is 0.410 e. The van der Waals surface area contributed by atoms with Gasteiger partial charge in [-0.3, -0.25) is 4.79 Å². The molecule has 144 valence electrons. The topological polar surface area (TPSA) is 59.0 Å². The van der Waals surface area contributed by atoms with Crippen LogP contribution < -0.4 is 10.6 Å². The highest BCUT2D eigenvalue weighted by Crippen LogP contribution is 2.43. The van der Waals surface area contributed by atoms with Crippen LogP contribution >= 0.6 is 0 Å². The van der Waals surface area contributed by atoms with Crippen LogP contribution in [0.1, 0.15) is 60.2 Å². The highest BCUT2D eigenvalue weighted by molar-refractivity contribution is 5.93. The first-order valence-electron chi connectivity index (χ1n) is 9.20. The summed E-state index contributed by atoms with van der Waals surface area (Å²) in [5.41, 5.74) is 0.795. The molecule has 2 aromatic rings. The van der Waals surface area contributed by atoms with Gasteiger partial charge in [0, 0.05) is 18.5 Å². The molecule has 1 fully saturated rings. The van der Waals surface area contributed by atoms with E-state index in [4.69, 9.17) is 0 Å². The average molecular weight is 378 g/mol. The van der Waals surface area contributed by atoms with Crippen molar-refractivity contribution in [3.05, 3.63) is 47.7 Å². The molecule has 0 saturated heterocycles. The monoisotopic (exact) mass is 378 g/mol. The molecule has 2 heterocycles. The molecule has 27 heavy (non-hydrogen) atoms. The Balaban J connectivity index is 1.62. The zero-order valence-electron chi connectivity index (χ0n) is 14.7. The highest BCUT2D eigenvalue weighted by Gasteiger charge is 2.46. The molecule has 1 amide bonds. The van der Waals surface area contributed by atoms with Gasteiger partial charge in [0.15, 0.2) is 11.7 Å². The summed E-state index contributed by atoms with van der Waals surface area (Å²) in [6.07, 6.45) is -0.708. The van der Waals surface area contributed by atoms with E-state index in [-0.39, 0.29) is 24.0 Å². The Bertz CT molecular complexity index is 812. The van der Waals surface area contributed by atoms with Crippen molar-refractivity contribution in [3.63, 3.8) is 0 Å². The Kier molecular flexibility index (Phi) is 4.57. The Morgan fingerprint density at radius 2 is 1.89 bits per heavy atom. The van der Waals surface area contributed by atoms with E-state index < -0.39 is 24.2 Å². The van der Waals surface area contributed by atoms with Crippen LogP contribution in [0.4, 0.5) is 19.0 Å². The maximum Gasteiger partial charge on any atom is 0.410 e. The lowest BCUT2D eigenvalue weighted by Gasteiger charge is -2.33. The predicted molar refractivity (Wildman–Crippen MR) is 94.5 cm³/mol. The number of fused-ring (bicyclic) bond motifs is 1. The zero-order chi connectivity index (χ0) is 19.0. The van der Waals surface area contributed by atoms with Crippen LogP contribution in [0.5, 0.6) is 0 Å². The lowest BCUT2D eigenvalue weighted by molar-refractivity contribution is -0.173. The molecular formula is C19H21F3N4O. The molecule has 8 heteroatoms. The van der Waals surface area contributed by atoms with E-state index in [9.17, 15) is 18.0 Å². The number of alkyl halides is 3. The maximum atomic E-state index is 13.7. The van der Waals surface area contributed by atoms with Gasteiger partial charge < -0.3 is 10.6 Å². The third-order valence-electron chi connectivity index (χ3n) is 5.31. The lowest BCUT2D eigenvalue weighted by Crippen LogP contribution is -2.36. The fourth-order valence-corrected chi connectivity index (χ4v) is 3.92. The fourth-order valence-electron chi connectivity index (χ4n) is 3.92. The number of hydrogen-bond donors (Lipinski definition) is 2. The van der Waals surface area contributed by atoms with Gasteiger partial charge in [-0.15, -0.1) is 0 Å². The molecule has 1 aromatic carbocycles. The van der Waals surface area contributed by atoms with Crippen molar-refractivity contribution in [1.29, 1.82) is 0 Å². The van der Waals surface area contributed by atoms with Gasteiger partial charge >= 0.3 is 6.18 Å². The summed E-state index contributed by atoms with van der Waals surface area (Å²) in [7, 11) is 0. The molecule has 4 rings (SSSR count). The summed E-state index contributed by atoms with van der Waals surface area (Å²) in [5.74, 6) is -0.197. The van der Waals surface area contributed by atoms with Crippen molar-refractivity contribution in [3.8, 4) is 0 Å². The van der Waals surface area contributed by atoms with Crippen molar-refractivity contribution in [1.82, 2.24) is 15.1 Å². The quantitative estimate of drug-likeness (QED) is 0.841. The molecule has 1 aliphatic carbocycles. The number of aromatic nitrogens is 2. The zero-order valence-corrected chi connectivity index (χ0v) is 14.7. The molecular weight excluding hydrogens is 357 g/mol. The van der Waals surface area contributed by atoms with Crippen LogP contribution in [0.2, 0.25) is 0 Å². The minimum Gasteiger partial charge on any atom is -0.363 e. The summed E-state index contributed by atoms with van der Waals surface area (Å²) < 4.78 is 41.9. The summed E-state index contributed by atoms with van der Waals surface area (Å²) in [6.45, 7) is 0. The molecule has 0 unspecified atom stereocenters. The highest BCUT2D eigenvalue weighted by atomic mass is 19.4. The number of carbonyl (C=O) groups excluding carboxylic acids is 1. The van der Waals surface area contributed by atoms with E-state index >= 15 is 0 Å². The molecule has 1 saturated carbocycles. The minimum absolute atomic E-state index is 0.0207. The van der Waals surface area contributed by atoms with E-state index in [0.29, 0.717) is 0 Å². The van der Waals surface area contributed by atoms with Gasteiger partial charge in [0.25, 0.3) is 5.91 Å². The molecule has 1 aromatic heterocycles. The molecule has 1 aliphatic heterocycles. The van der Waals surface area contributed by atoms with Gasteiger partial charge in [0.1, 0.15) is 5.82 Å². The average Bonchev–Trinajstić information content (AvgIpc) is 3.29. The number of anilines is 1. The van der Waals surface area contributed by atoms with Gasteiger partial charge in [-0.2, -0.15) is 18.3 Å². The Morgan fingerprint density at radius 1 is 1.19 bits per heavy atom. The van der Waals surface area contributed by atoms with E-state index in [0.717, 1.165) is 35.9 Å². The SMILES string of the molecule is O=C(NC1CCCC1)c1cc2n(n1)[C@@H](C(F)(F)F)C[C@H](c1ccccc1)N2. The molecule has 2 N–H and O–H groups in total. The fraction of sp³-hybridized carbons (Fsp3) is 0.474. The lowest BCUT2D eigenvalue weighted by atomic mass is 9.97. The smallest absolute Gasteiger partial charge is 0.363 e. The minimum atomic E-state index is -4.45. The molecule has 0 bridgehead atoms. The van der Waals surface area contributed by atoms with E-state index in [1.165, 1.54) is 6.07 Å². The standard InChI is InChI=1S/C19H21F3N4O/c20-19(21,22)16-10-14(12-6-2-1-3-7-12)24-17-11-15(25-26(16)17)18(27)23-13-8-4-5-9-13/h1-3,6-7,11,13-14,16,24H,4-5,8-10H2,(H,23,27)/t14-,16-/m1/s1. The van der Waals surface area contributed by atoms with Crippen molar-refractivity contribution >= 4 is 11.7 Å². The first kappa shape index (κ1) is 17.9. The van der Waals surface area contributed by atoms with Crippen LogP contribution in [0, 0.1) is 0 Å². The number of nitrogens with zero attached hydrogens (tertiary/aromatic N) is 2. The number of amides is 1. The van der Waals surface area contributed by atoms with Crippen molar-refractivity contribution < 1.29 is 18.0 Å². The normalized spacial score (nSPS) is 22.9. The second-order valence-corrected chi connectivity index (χ2v) is 7.21. The summed E-state index contributed by atoms with van der Waals surface area (Å²) >= 11 is 0. The number of rotatable bonds is 3. The van der Waals surface area contributed by atoms with E-state index in [1.54, 1.807) is 24.3 Å². The van der Waals surface area contributed by atoms with Crippen molar-refractivity contribution in [2.75, 3.05) is 5.32 Å². The van der Waals surface area contributed by atoms with Gasteiger partial charge in [0.05, 0.1) is 6.04 Å². The van der Waals surface area contributed by atoms with Gasteiger partial charge in [-0.05, 0) is 18.4 Å². The maximum absolute atomic E-state index is 13.7. The molecule has 2 aliphatic rings. The number of carbonyl (C=O) groups is 1. The van der Waals surface area contributed by atoms with Crippen LogP contribution in [-0.4, -0.2) is 27.9 Å². The third-order valence-corrected chi connectivity index (χ3v) is 5.31. The van der Waals surface area contributed by atoms with Crippen molar-refractivity contribution in [2.45, 2.75) is 56.4 Å². The Labute approximate surface area is 154 Å². The molecule has 0 spiro atoms. The van der Waals surface area contributed by atoms with Crippen LogP contribution in [0.15, 0.2) is 36.4 Å². The van der Waals surface area contributed by atoms with E-state index in [1.807, 2.05) is 6.07 Å². The van der Waals surface area contributed by atoms with Gasteiger partial charge in [0.2, 0.25) is 0 Å². The summed E-state index contributed by atoms with van der Waals surface area (Å²) in [5, 5.41) is 9.97. The van der Waals surface area contributed by atoms with Crippen LogP contribution in [-0.2, 0) is 0 Å². The Hall–Kier alpha value is -2.51. The van der Waals surface area contributed by atoms with Crippen molar-refractivity contribution in [2.24, 2.45) is 0 Å².